The Morgan fingerprint density at radius 1 is 0.632 bits per heavy atom. The molecule has 0 aliphatic carbocycles. The fraction of sp³-hybridized carbons (Fsp3) is 0.667. The van der Waals surface area contributed by atoms with Crippen LogP contribution in [0.25, 0.3) is 0 Å². The van der Waals surface area contributed by atoms with Gasteiger partial charge in [-0.15, -0.1) is 0 Å². The van der Waals surface area contributed by atoms with Crippen molar-refractivity contribution < 1.29 is 5.11 Å². The predicted molar refractivity (Wildman–Crippen MR) is 86.3 cm³/mol. The molecule has 0 amide bonds. The van der Waals surface area contributed by atoms with Crippen LogP contribution < -0.4 is 0 Å². The van der Waals surface area contributed by atoms with Crippen LogP contribution in [-0.2, 0) is 0 Å². The summed E-state index contributed by atoms with van der Waals surface area (Å²) in [6.07, 6.45) is 25.3. The summed E-state index contributed by atoms with van der Waals surface area (Å²) in [6.45, 7) is 2.55. The van der Waals surface area contributed by atoms with Gasteiger partial charge in [-0.25, -0.2) is 0 Å². The largest absolute Gasteiger partial charge is 0.396 e. The van der Waals surface area contributed by atoms with Crippen LogP contribution in [0, 0.1) is 0 Å². The summed E-state index contributed by atoms with van der Waals surface area (Å²) < 4.78 is 0. The topological polar surface area (TPSA) is 20.2 Å². The van der Waals surface area contributed by atoms with Crippen molar-refractivity contribution in [3.8, 4) is 0 Å². The third-order valence-corrected chi connectivity index (χ3v) is 3.03. The lowest BCUT2D eigenvalue weighted by Crippen LogP contribution is -1.83. The van der Waals surface area contributed by atoms with Crippen LogP contribution in [0.2, 0.25) is 0 Å². The molecule has 1 N–H and O–H groups in total. The van der Waals surface area contributed by atoms with E-state index in [0.29, 0.717) is 6.61 Å². The average Bonchev–Trinajstić information content (AvgIpc) is 2.43. The molecule has 0 aromatic heterocycles. The maximum absolute atomic E-state index is 8.65. The second-order valence-corrected chi connectivity index (χ2v) is 4.95. The van der Waals surface area contributed by atoms with Gasteiger partial charge >= 0.3 is 0 Å². The lowest BCUT2D eigenvalue weighted by atomic mass is 10.1. The smallest absolute Gasteiger partial charge is 0.0431 e. The van der Waals surface area contributed by atoms with Crippen LogP contribution in [0.5, 0.6) is 0 Å². The molecule has 19 heavy (non-hydrogen) atoms. The van der Waals surface area contributed by atoms with E-state index >= 15 is 0 Å². The second kappa shape index (κ2) is 17.2. The molecule has 0 aliphatic rings. The van der Waals surface area contributed by atoms with Crippen LogP contribution in [0.4, 0.5) is 0 Å². The van der Waals surface area contributed by atoms with Gasteiger partial charge in [0.25, 0.3) is 0 Å². The zero-order chi connectivity index (χ0) is 14.0. The molecule has 0 spiro atoms. The van der Waals surface area contributed by atoms with Crippen molar-refractivity contribution in [2.24, 2.45) is 0 Å². The SMILES string of the molecule is CCC/C=C\C/C=C\C/C=C\CCCCCCCO. The Balaban J connectivity index is 3.22. The van der Waals surface area contributed by atoms with Crippen LogP contribution in [-0.4, -0.2) is 11.7 Å². The first kappa shape index (κ1) is 18.2. The molecule has 0 bridgehead atoms. The first-order valence-corrected chi connectivity index (χ1v) is 7.97. The van der Waals surface area contributed by atoms with Gasteiger partial charge in [0.1, 0.15) is 0 Å². The van der Waals surface area contributed by atoms with Gasteiger partial charge in [-0.3, -0.25) is 0 Å². The number of allylic oxidation sites excluding steroid dienone is 6. The fourth-order valence-electron chi connectivity index (χ4n) is 1.85. The molecule has 1 nitrogen and oxygen atoms in total. The first-order chi connectivity index (χ1) is 9.41. The Morgan fingerprint density at radius 3 is 1.79 bits per heavy atom. The van der Waals surface area contributed by atoms with E-state index in [1.165, 1.54) is 44.9 Å². The summed E-state index contributed by atoms with van der Waals surface area (Å²) >= 11 is 0. The van der Waals surface area contributed by atoms with E-state index < -0.39 is 0 Å². The summed E-state index contributed by atoms with van der Waals surface area (Å²) in [6, 6.07) is 0. The van der Waals surface area contributed by atoms with Gasteiger partial charge < -0.3 is 5.11 Å². The van der Waals surface area contributed by atoms with Crippen molar-refractivity contribution in [3.63, 3.8) is 0 Å². The van der Waals surface area contributed by atoms with Gasteiger partial charge in [-0.1, -0.05) is 69.1 Å². The van der Waals surface area contributed by atoms with Crippen LogP contribution in [0.15, 0.2) is 36.5 Å². The number of unbranched alkanes of at least 4 members (excludes halogenated alkanes) is 6. The Kier molecular flexibility index (Phi) is 16.4. The molecule has 0 aromatic carbocycles. The first-order valence-electron chi connectivity index (χ1n) is 7.97. The van der Waals surface area contributed by atoms with Gasteiger partial charge in [-0.2, -0.15) is 0 Å². The Hall–Kier alpha value is -0.820. The molecule has 0 aromatic rings. The van der Waals surface area contributed by atoms with Crippen molar-refractivity contribution in [3.05, 3.63) is 36.5 Å². The van der Waals surface area contributed by atoms with Crippen molar-refractivity contribution in [2.45, 2.75) is 71.1 Å². The molecule has 0 saturated carbocycles. The standard InChI is InChI=1S/C18H32O/c1-2-3-4-5-6-7-8-9-10-11-12-13-14-15-16-17-18-19/h4-5,7-8,10-11,19H,2-3,6,9,12-18H2,1H3/b5-4-,8-7-,11-10-. The summed E-state index contributed by atoms with van der Waals surface area (Å²) in [5.41, 5.74) is 0. The van der Waals surface area contributed by atoms with E-state index in [1.54, 1.807) is 0 Å². The van der Waals surface area contributed by atoms with Crippen molar-refractivity contribution in [2.75, 3.05) is 6.61 Å². The molecule has 0 heterocycles. The highest BCUT2D eigenvalue weighted by Gasteiger charge is 1.87. The highest BCUT2D eigenvalue weighted by Crippen LogP contribution is 2.05. The number of hydrogen-bond donors (Lipinski definition) is 1. The summed E-state index contributed by atoms with van der Waals surface area (Å²) in [5, 5.41) is 8.65. The number of aliphatic hydroxyl groups is 1. The quantitative estimate of drug-likeness (QED) is 0.340. The normalized spacial score (nSPS) is 12.3. The minimum Gasteiger partial charge on any atom is -0.396 e. The number of aliphatic hydroxyl groups excluding tert-OH is 1. The van der Waals surface area contributed by atoms with E-state index in [2.05, 4.69) is 43.4 Å². The van der Waals surface area contributed by atoms with Crippen molar-refractivity contribution in [1.29, 1.82) is 0 Å². The lowest BCUT2D eigenvalue weighted by Gasteiger charge is -1.97. The minimum atomic E-state index is 0.347. The maximum Gasteiger partial charge on any atom is 0.0431 e. The van der Waals surface area contributed by atoms with E-state index in [4.69, 9.17) is 5.11 Å². The molecule has 1 heteroatoms. The third-order valence-electron chi connectivity index (χ3n) is 3.03. The fourth-order valence-corrected chi connectivity index (χ4v) is 1.85. The molecule has 0 radical (unpaired) electrons. The zero-order valence-electron chi connectivity index (χ0n) is 12.7. The van der Waals surface area contributed by atoms with E-state index in [-0.39, 0.29) is 0 Å². The molecule has 0 saturated heterocycles. The minimum absolute atomic E-state index is 0.347. The second-order valence-electron chi connectivity index (χ2n) is 4.95. The molecule has 0 unspecified atom stereocenters. The highest BCUT2D eigenvalue weighted by atomic mass is 16.2. The molecule has 0 atom stereocenters. The van der Waals surface area contributed by atoms with Crippen LogP contribution in [0.1, 0.15) is 71.1 Å². The Labute approximate surface area is 120 Å². The molecule has 0 aliphatic heterocycles. The molecule has 110 valence electrons. The van der Waals surface area contributed by atoms with Gasteiger partial charge in [0, 0.05) is 6.61 Å². The van der Waals surface area contributed by atoms with E-state index in [9.17, 15) is 0 Å². The van der Waals surface area contributed by atoms with Crippen molar-refractivity contribution in [1.82, 2.24) is 0 Å². The van der Waals surface area contributed by atoms with Gasteiger partial charge in [0.2, 0.25) is 0 Å². The maximum atomic E-state index is 8.65. The Morgan fingerprint density at radius 2 is 1.16 bits per heavy atom. The molecular formula is C18H32O. The van der Waals surface area contributed by atoms with Gasteiger partial charge in [-0.05, 0) is 38.5 Å². The average molecular weight is 264 g/mol. The van der Waals surface area contributed by atoms with Gasteiger partial charge in [0.05, 0.1) is 0 Å². The van der Waals surface area contributed by atoms with Crippen LogP contribution >= 0.6 is 0 Å². The van der Waals surface area contributed by atoms with Gasteiger partial charge in [0.15, 0.2) is 0 Å². The molecular weight excluding hydrogens is 232 g/mol. The van der Waals surface area contributed by atoms with Crippen molar-refractivity contribution >= 4 is 0 Å². The third kappa shape index (κ3) is 17.2. The number of rotatable bonds is 13. The summed E-state index contributed by atoms with van der Waals surface area (Å²) in [5.74, 6) is 0. The van der Waals surface area contributed by atoms with E-state index in [1.807, 2.05) is 0 Å². The summed E-state index contributed by atoms with van der Waals surface area (Å²) in [7, 11) is 0. The predicted octanol–water partition coefficient (Wildman–Crippen LogP) is 5.57. The van der Waals surface area contributed by atoms with Crippen LogP contribution in [0.3, 0.4) is 0 Å². The molecule has 0 fully saturated rings. The zero-order valence-corrected chi connectivity index (χ0v) is 12.7. The summed E-state index contributed by atoms with van der Waals surface area (Å²) in [4.78, 5) is 0. The highest BCUT2D eigenvalue weighted by molar-refractivity contribution is 4.97. The Bertz CT molecular complexity index is 238. The molecule has 0 rings (SSSR count). The lowest BCUT2D eigenvalue weighted by molar-refractivity contribution is 0.282. The number of hydrogen-bond acceptors (Lipinski definition) is 1. The monoisotopic (exact) mass is 264 g/mol. The van der Waals surface area contributed by atoms with E-state index in [0.717, 1.165) is 19.3 Å².